The molecule has 6 heteroatoms. The minimum Gasteiger partial charge on any atom is -0.322 e. The van der Waals surface area contributed by atoms with Crippen molar-refractivity contribution in [2.75, 3.05) is 5.32 Å². The third-order valence-electron chi connectivity index (χ3n) is 3.02. The quantitative estimate of drug-likeness (QED) is 0.805. The number of nitrogens with one attached hydrogen (secondary N) is 1. The molecule has 1 aromatic heterocycles. The van der Waals surface area contributed by atoms with Gasteiger partial charge >= 0.3 is 0 Å². The van der Waals surface area contributed by atoms with E-state index in [4.69, 9.17) is 0 Å². The van der Waals surface area contributed by atoms with Crippen molar-refractivity contribution in [3.8, 4) is 5.69 Å². The van der Waals surface area contributed by atoms with Crippen molar-refractivity contribution in [1.82, 2.24) is 9.78 Å². The summed E-state index contributed by atoms with van der Waals surface area (Å²) in [4.78, 5) is 12.0. The van der Waals surface area contributed by atoms with Crippen LogP contribution in [0.15, 0.2) is 60.9 Å². The molecular weight excluding hydrogens is 288 g/mol. The van der Waals surface area contributed by atoms with Crippen LogP contribution in [0, 0.1) is 11.6 Å². The summed E-state index contributed by atoms with van der Waals surface area (Å²) in [5.74, 6) is -2.16. The molecule has 3 rings (SSSR count). The summed E-state index contributed by atoms with van der Waals surface area (Å²) in [6, 6.07) is 11.4. The summed E-state index contributed by atoms with van der Waals surface area (Å²) < 4.78 is 27.9. The first-order valence-electron chi connectivity index (χ1n) is 6.49. The standard InChI is InChI=1S/C16H11F2N3O/c17-12-8-11(9-13(18)10-12)16(22)20-14-2-4-15(5-3-14)21-7-1-6-19-21/h1-10H,(H,20,22). The molecule has 0 radical (unpaired) electrons. The van der Waals surface area contributed by atoms with Gasteiger partial charge in [-0.2, -0.15) is 5.10 Å². The summed E-state index contributed by atoms with van der Waals surface area (Å²) in [5, 5.41) is 6.67. The average Bonchev–Trinajstić information content (AvgIpc) is 3.01. The number of carbonyl (C=O) groups excluding carboxylic acids is 1. The molecule has 0 atom stereocenters. The fourth-order valence-electron chi connectivity index (χ4n) is 2.01. The zero-order valence-electron chi connectivity index (χ0n) is 11.3. The zero-order valence-corrected chi connectivity index (χ0v) is 11.3. The summed E-state index contributed by atoms with van der Waals surface area (Å²) in [6.45, 7) is 0. The van der Waals surface area contributed by atoms with Gasteiger partial charge in [-0.25, -0.2) is 13.5 Å². The highest BCUT2D eigenvalue weighted by molar-refractivity contribution is 6.04. The Bertz CT molecular complexity index is 779. The molecule has 0 aliphatic rings. The van der Waals surface area contributed by atoms with Gasteiger partial charge in [0.1, 0.15) is 11.6 Å². The van der Waals surface area contributed by atoms with E-state index in [-0.39, 0.29) is 5.56 Å². The van der Waals surface area contributed by atoms with Crippen LogP contribution in [0.4, 0.5) is 14.5 Å². The lowest BCUT2D eigenvalue weighted by Crippen LogP contribution is -2.12. The lowest BCUT2D eigenvalue weighted by molar-refractivity contribution is 0.102. The van der Waals surface area contributed by atoms with Crippen molar-refractivity contribution in [3.63, 3.8) is 0 Å². The average molecular weight is 299 g/mol. The van der Waals surface area contributed by atoms with E-state index in [9.17, 15) is 13.6 Å². The Morgan fingerprint density at radius 2 is 1.73 bits per heavy atom. The molecule has 3 aromatic rings. The highest BCUT2D eigenvalue weighted by Crippen LogP contribution is 2.15. The van der Waals surface area contributed by atoms with E-state index < -0.39 is 17.5 Å². The summed E-state index contributed by atoms with van der Waals surface area (Å²) in [7, 11) is 0. The molecule has 0 bridgehead atoms. The highest BCUT2D eigenvalue weighted by atomic mass is 19.1. The molecule has 0 fully saturated rings. The van der Waals surface area contributed by atoms with Gasteiger partial charge in [0.05, 0.1) is 5.69 Å². The van der Waals surface area contributed by atoms with Gasteiger partial charge in [0.25, 0.3) is 5.91 Å². The number of amides is 1. The van der Waals surface area contributed by atoms with Gasteiger partial charge in [-0.15, -0.1) is 0 Å². The Morgan fingerprint density at radius 1 is 1.05 bits per heavy atom. The Labute approximate surface area is 125 Å². The van der Waals surface area contributed by atoms with Crippen LogP contribution in [0.25, 0.3) is 5.69 Å². The smallest absolute Gasteiger partial charge is 0.255 e. The van der Waals surface area contributed by atoms with Gasteiger partial charge in [-0.1, -0.05) is 0 Å². The van der Waals surface area contributed by atoms with E-state index in [1.54, 1.807) is 47.4 Å². The molecule has 0 unspecified atom stereocenters. The maximum atomic E-state index is 13.1. The fraction of sp³-hybridized carbons (Fsp3) is 0. The molecule has 4 nitrogen and oxygen atoms in total. The monoisotopic (exact) mass is 299 g/mol. The van der Waals surface area contributed by atoms with Crippen LogP contribution in [0.3, 0.4) is 0 Å². The van der Waals surface area contributed by atoms with E-state index in [0.29, 0.717) is 5.69 Å². The molecule has 1 amide bonds. The van der Waals surface area contributed by atoms with Crippen LogP contribution >= 0.6 is 0 Å². The fourth-order valence-corrected chi connectivity index (χ4v) is 2.01. The molecule has 0 saturated carbocycles. The van der Waals surface area contributed by atoms with Crippen LogP contribution in [0.2, 0.25) is 0 Å². The number of nitrogens with zero attached hydrogens (tertiary/aromatic N) is 2. The van der Waals surface area contributed by atoms with Crippen LogP contribution in [0.5, 0.6) is 0 Å². The molecule has 0 spiro atoms. The summed E-state index contributed by atoms with van der Waals surface area (Å²) in [5.41, 5.74) is 1.28. The van der Waals surface area contributed by atoms with Crippen molar-refractivity contribution < 1.29 is 13.6 Å². The van der Waals surface area contributed by atoms with Gasteiger partial charge in [0.15, 0.2) is 0 Å². The van der Waals surface area contributed by atoms with E-state index >= 15 is 0 Å². The van der Waals surface area contributed by atoms with Crippen molar-refractivity contribution in [3.05, 3.63) is 78.1 Å². The van der Waals surface area contributed by atoms with Gasteiger partial charge in [0, 0.05) is 29.7 Å². The Morgan fingerprint density at radius 3 is 2.32 bits per heavy atom. The number of anilines is 1. The minimum atomic E-state index is -0.792. The number of hydrogen-bond acceptors (Lipinski definition) is 2. The van der Waals surface area contributed by atoms with Gasteiger partial charge in [-0.3, -0.25) is 4.79 Å². The normalized spacial score (nSPS) is 10.5. The largest absolute Gasteiger partial charge is 0.322 e. The second kappa shape index (κ2) is 5.77. The second-order valence-corrected chi connectivity index (χ2v) is 4.61. The van der Waals surface area contributed by atoms with Crippen LogP contribution < -0.4 is 5.32 Å². The third-order valence-corrected chi connectivity index (χ3v) is 3.02. The minimum absolute atomic E-state index is 0.0753. The lowest BCUT2D eigenvalue weighted by atomic mass is 10.2. The number of rotatable bonds is 3. The van der Waals surface area contributed by atoms with E-state index in [1.165, 1.54) is 0 Å². The van der Waals surface area contributed by atoms with Crippen molar-refractivity contribution in [1.29, 1.82) is 0 Å². The molecule has 0 aliphatic carbocycles. The Balaban J connectivity index is 1.76. The molecule has 110 valence electrons. The molecule has 2 aromatic carbocycles. The first-order valence-corrected chi connectivity index (χ1v) is 6.49. The maximum Gasteiger partial charge on any atom is 0.255 e. The first kappa shape index (κ1) is 13.9. The van der Waals surface area contributed by atoms with E-state index in [2.05, 4.69) is 10.4 Å². The van der Waals surface area contributed by atoms with E-state index in [1.807, 2.05) is 0 Å². The SMILES string of the molecule is O=C(Nc1ccc(-n2cccn2)cc1)c1cc(F)cc(F)c1. The van der Waals surface area contributed by atoms with Crippen LogP contribution in [0.1, 0.15) is 10.4 Å². The summed E-state index contributed by atoms with van der Waals surface area (Å²) in [6.07, 6.45) is 3.46. The highest BCUT2D eigenvalue weighted by Gasteiger charge is 2.09. The summed E-state index contributed by atoms with van der Waals surface area (Å²) >= 11 is 0. The third kappa shape index (κ3) is 3.01. The van der Waals surface area contributed by atoms with Crippen molar-refractivity contribution >= 4 is 11.6 Å². The van der Waals surface area contributed by atoms with Crippen molar-refractivity contribution in [2.45, 2.75) is 0 Å². The Kier molecular flexibility index (Phi) is 3.65. The van der Waals surface area contributed by atoms with Gasteiger partial charge in [0.2, 0.25) is 0 Å². The zero-order chi connectivity index (χ0) is 15.5. The molecule has 22 heavy (non-hydrogen) atoms. The molecule has 0 aliphatic heterocycles. The molecule has 0 saturated heterocycles. The van der Waals surface area contributed by atoms with Gasteiger partial charge in [-0.05, 0) is 42.5 Å². The Hall–Kier alpha value is -3.02. The topological polar surface area (TPSA) is 46.9 Å². The molecule has 1 N–H and O–H groups in total. The number of benzene rings is 2. The van der Waals surface area contributed by atoms with Crippen molar-refractivity contribution in [2.24, 2.45) is 0 Å². The first-order chi connectivity index (χ1) is 10.6. The van der Waals surface area contributed by atoms with Crippen LogP contribution in [-0.4, -0.2) is 15.7 Å². The van der Waals surface area contributed by atoms with Gasteiger partial charge < -0.3 is 5.32 Å². The molecule has 1 heterocycles. The molecular formula is C16H11F2N3O. The predicted molar refractivity (Wildman–Crippen MR) is 77.9 cm³/mol. The number of halogens is 2. The second-order valence-electron chi connectivity index (χ2n) is 4.61. The number of carbonyl (C=O) groups is 1. The lowest BCUT2D eigenvalue weighted by Gasteiger charge is -2.07. The predicted octanol–water partition coefficient (Wildman–Crippen LogP) is 3.40. The van der Waals surface area contributed by atoms with E-state index in [0.717, 1.165) is 23.9 Å². The maximum absolute atomic E-state index is 13.1. The van der Waals surface area contributed by atoms with Crippen LogP contribution in [-0.2, 0) is 0 Å². The number of aromatic nitrogens is 2. The number of hydrogen-bond donors (Lipinski definition) is 1.